The molecule has 9 heteroatoms. The number of para-hydroxylation sites is 1. The maximum absolute atomic E-state index is 13.2. The second kappa shape index (κ2) is 8.69. The van der Waals surface area contributed by atoms with Crippen molar-refractivity contribution >= 4 is 35.3 Å². The molecule has 2 aromatic rings. The molecule has 152 valence electrons. The summed E-state index contributed by atoms with van der Waals surface area (Å²) in [6.07, 6.45) is -1.72. The van der Waals surface area contributed by atoms with Crippen molar-refractivity contribution in [1.82, 2.24) is 0 Å². The molecular formula is C20H15F4NO3S. The molecule has 0 N–H and O–H groups in total. The van der Waals surface area contributed by atoms with Gasteiger partial charge in [0, 0.05) is 10.5 Å². The van der Waals surface area contributed by atoms with Crippen LogP contribution in [0.5, 0.6) is 5.75 Å². The Balaban J connectivity index is 1.92. The molecule has 1 aliphatic heterocycles. The van der Waals surface area contributed by atoms with E-state index in [1.165, 1.54) is 30.8 Å². The van der Waals surface area contributed by atoms with Crippen LogP contribution in [0, 0.1) is 0 Å². The van der Waals surface area contributed by atoms with Gasteiger partial charge in [-0.3, -0.25) is 9.59 Å². The van der Waals surface area contributed by atoms with E-state index >= 15 is 0 Å². The van der Waals surface area contributed by atoms with Gasteiger partial charge in [0.1, 0.15) is 5.75 Å². The van der Waals surface area contributed by atoms with Gasteiger partial charge in [-0.25, -0.2) is 13.7 Å². The number of fused-ring (bicyclic) bond motifs is 1. The topological polar surface area (TPSA) is 46.6 Å². The zero-order chi connectivity index (χ0) is 21.1. The van der Waals surface area contributed by atoms with E-state index in [1.54, 1.807) is 24.3 Å². The zero-order valence-corrected chi connectivity index (χ0v) is 15.9. The molecule has 0 bridgehead atoms. The smallest absolute Gasteiger partial charge is 0.387 e. The molecule has 0 atom stereocenters. The number of imide groups is 1. The number of alkyl halides is 4. The van der Waals surface area contributed by atoms with E-state index in [2.05, 4.69) is 4.74 Å². The molecule has 0 saturated carbocycles. The molecule has 0 fully saturated rings. The van der Waals surface area contributed by atoms with E-state index in [0.717, 1.165) is 21.9 Å². The van der Waals surface area contributed by atoms with Crippen LogP contribution in [0.15, 0.2) is 52.9 Å². The van der Waals surface area contributed by atoms with Gasteiger partial charge in [0.2, 0.25) is 5.91 Å². The van der Waals surface area contributed by atoms with E-state index in [1.807, 2.05) is 0 Å². The summed E-state index contributed by atoms with van der Waals surface area (Å²) >= 11 is 1.32. The molecule has 0 spiro atoms. The van der Waals surface area contributed by atoms with Crippen LogP contribution in [-0.4, -0.2) is 24.2 Å². The van der Waals surface area contributed by atoms with Crippen LogP contribution in [-0.2, 0) is 9.59 Å². The average Bonchev–Trinajstić information content (AvgIpc) is 2.68. The molecule has 3 rings (SSSR count). The van der Waals surface area contributed by atoms with Gasteiger partial charge in [-0.15, -0.1) is 11.8 Å². The standard InChI is InChI=1S/C20H15F4NO3S/c1-11(8-12-6-7-15(28-20(23)24)13(9-12)18(21)22)19(27)25-14-4-2-3-5-16(14)29-10-17(25)26/h2-9,18,20H,10H2,1H3/b11-8+. The van der Waals surface area contributed by atoms with Crippen molar-refractivity contribution < 1.29 is 31.9 Å². The zero-order valence-electron chi connectivity index (χ0n) is 15.1. The number of anilines is 1. The highest BCUT2D eigenvalue weighted by atomic mass is 32.2. The minimum atomic E-state index is -3.24. The van der Waals surface area contributed by atoms with Crippen molar-refractivity contribution in [2.75, 3.05) is 10.7 Å². The molecule has 0 aromatic heterocycles. The Morgan fingerprint density at radius 1 is 1.17 bits per heavy atom. The first kappa shape index (κ1) is 20.9. The van der Waals surface area contributed by atoms with E-state index < -0.39 is 30.3 Å². The summed E-state index contributed by atoms with van der Waals surface area (Å²) in [6, 6.07) is 10.2. The molecule has 4 nitrogen and oxygen atoms in total. The summed E-state index contributed by atoms with van der Waals surface area (Å²) in [5.74, 6) is -1.51. The van der Waals surface area contributed by atoms with Gasteiger partial charge in [0.05, 0.1) is 17.0 Å². The summed E-state index contributed by atoms with van der Waals surface area (Å²) < 4.78 is 55.3. The van der Waals surface area contributed by atoms with Crippen LogP contribution < -0.4 is 9.64 Å². The SMILES string of the molecule is C/C(=C\c1ccc(OC(F)F)c(C(F)F)c1)C(=O)N1C(=O)CSc2ccccc21. The van der Waals surface area contributed by atoms with Crippen LogP contribution >= 0.6 is 11.8 Å². The van der Waals surface area contributed by atoms with Crippen molar-refractivity contribution in [1.29, 1.82) is 0 Å². The normalized spacial score (nSPS) is 14.4. The third-order valence-electron chi connectivity index (χ3n) is 4.12. The van der Waals surface area contributed by atoms with E-state index in [0.29, 0.717) is 5.69 Å². The molecule has 0 unspecified atom stereocenters. The number of hydrogen-bond donors (Lipinski definition) is 0. The number of benzene rings is 2. The van der Waals surface area contributed by atoms with Crippen LogP contribution in [0.2, 0.25) is 0 Å². The maximum Gasteiger partial charge on any atom is 0.387 e. The summed E-state index contributed by atoms with van der Waals surface area (Å²) in [6.45, 7) is -1.79. The Kier molecular flexibility index (Phi) is 6.26. The number of ether oxygens (including phenoxy) is 1. The maximum atomic E-state index is 13.2. The van der Waals surface area contributed by atoms with Gasteiger partial charge in [0.25, 0.3) is 12.3 Å². The minimum Gasteiger partial charge on any atom is -0.434 e. The number of carbonyl (C=O) groups excluding carboxylic acids is 2. The fourth-order valence-corrected chi connectivity index (χ4v) is 3.73. The monoisotopic (exact) mass is 425 g/mol. The lowest BCUT2D eigenvalue weighted by molar-refractivity contribution is -0.123. The van der Waals surface area contributed by atoms with Gasteiger partial charge < -0.3 is 4.74 Å². The highest BCUT2D eigenvalue weighted by Gasteiger charge is 2.30. The fraction of sp³-hybridized carbons (Fsp3) is 0.200. The van der Waals surface area contributed by atoms with Crippen molar-refractivity contribution in [3.63, 3.8) is 0 Å². The predicted octanol–water partition coefficient (Wildman–Crippen LogP) is 5.29. The molecule has 1 aliphatic rings. The van der Waals surface area contributed by atoms with Crippen molar-refractivity contribution in [2.24, 2.45) is 0 Å². The van der Waals surface area contributed by atoms with Crippen LogP contribution in [0.25, 0.3) is 6.08 Å². The number of hydrogen-bond acceptors (Lipinski definition) is 4. The number of nitrogens with zero attached hydrogens (tertiary/aromatic N) is 1. The lowest BCUT2D eigenvalue weighted by Crippen LogP contribution is -2.40. The van der Waals surface area contributed by atoms with Crippen LogP contribution in [0.4, 0.5) is 23.2 Å². The minimum absolute atomic E-state index is 0.102. The van der Waals surface area contributed by atoms with Crippen molar-refractivity contribution in [2.45, 2.75) is 24.9 Å². The Labute approximate surface area is 168 Å². The van der Waals surface area contributed by atoms with E-state index in [4.69, 9.17) is 0 Å². The Hall–Kier alpha value is -2.81. The van der Waals surface area contributed by atoms with Gasteiger partial charge in [0.15, 0.2) is 0 Å². The molecule has 1 heterocycles. The number of halogens is 4. The summed E-state index contributed by atoms with van der Waals surface area (Å²) in [5, 5.41) is 0. The third-order valence-corrected chi connectivity index (χ3v) is 5.16. The van der Waals surface area contributed by atoms with Crippen LogP contribution in [0.1, 0.15) is 24.5 Å². The first-order chi connectivity index (χ1) is 13.8. The molecule has 29 heavy (non-hydrogen) atoms. The fourth-order valence-electron chi connectivity index (χ4n) is 2.84. The molecule has 0 saturated heterocycles. The Bertz CT molecular complexity index is 978. The van der Waals surface area contributed by atoms with Crippen LogP contribution in [0.3, 0.4) is 0 Å². The average molecular weight is 425 g/mol. The molecule has 2 aromatic carbocycles. The van der Waals surface area contributed by atoms with E-state index in [-0.39, 0.29) is 22.8 Å². The molecule has 2 amide bonds. The number of rotatable bonds is 5. The summed E-state index contributed by atoms with van der Waals surface area (Å²) in [7, 11) is 0. The second-order valence-electron chi connectivity index (χ2n) is 6.09. The first-order valence-electron chi connectivity index (χ1n) is 8.42. The van der Waals surface area contributed by atoms with Gasteiger partial charge in [-0.05, 0) is 42.8 Å². The first-order valence-corrected chi connectivity index (χ1v) is 9.41. The highest BCUT2D eigenvalue weighted by Crippen LogP contribution is 2.36. The molecular weight excluding hydrogens is 410 g/mol. The lowest BCUT2D eigenvalue weighted by atomic mass is 10.1. The predicted molar refractivity (Wildman–Crippen MR) is 101 cm³/mol. The Morgan fingerprint density at radius 3 is 2.59 bits per heavy atom. The van der Waals surface area contributed by atoms with Crippen molar-refractivity contribution in [3.05, 3.63) is 59.2 Å². The molecule has 0 aliphatic carbocycles. The quantitative estimate of drug-likeness (QED) is 0.482. The highest BCUT2D eigenvalue weighted by molar-refractivity contribution is 8.00. The summed E-state index contributed by atoms with van der Waals surface area (Å²) in [4.78, 5) is 27.0. The number of amides is 2. The van der Waals surface area contributed by atoms with Crippen molar-refractivity contribution in [3.8, 4) is 5.75 Å². The summed E-state index contributed by atoms with van der Waals surface area (Å²) in [5.41, 5.74) is 0.0678. The second-order valence-corrected chi connectivity index (χ2v) is 7.11. The number of thioether (sulfide) groups is 1. The largest absolute Gasteiger partial charge is 0.434 e. The van der Waals surface area contributed by atoms with Gasteiger partial charge in [-0.1, -0.05) is 18.2 Å². The Morgan fingerprint density at radius 2 is 1.90 bits per heavy atom. The lowest BCUT2D eigenvalue weighted by Gasteiger charge is -2.27. The van der Waals surface area contributed by atoms with Gasteiger partial charge in [-0.2, -0.15) is 8.78 Å². The third kappa shape index (κ3) is 4.61. The number of carbonyl (C=O) groups is 2. The van der Waals surface area contributed by atoms with Gasteiger partial charge >= 0.3 is 6.61 Å². The van der Waals surface area contributed by atoms with E-state index in [9.17, 15) is 27.2 Å². The molecule has 0 radical (unpaired) electrons.